The van der Waals surface area contributed by atoms with Crippen LogP contribution in [0.3, 0.4) is 0 Å². The lowest BCUT2D eigenvalue weighted by molar-refractivity contribution is -0.129. The molecule has 2 N–H and O–H groups in total. The van der Waals surface area contributed by atoms with Crippen molar-refractivity contribution >= 4 is 22.8 Å². The van der Waals surface area contributed by atoms with Crippen LogP contribution in [0.5, 0.6) is 0 Å². The molecule has 1 aliphatic carbocycles. The van der Waals surface area contributed by atoms with E-state index in [1.807, 2.05) is 12.3 Å². The van der Waals surface area contributed by atoms with Gasteiger partial charge in [-0.3, -0.25) is 4.79 Å². The molecule has 116 valence electrons. The smallest absolute Gasteiger partial charge is 0.223 e. The predicted molar refractivity (Wildman–Crippen MR) is 84.5 cm³/mol. The van der Waals surface area contributed by atoms with Crippen molar-refractivity contribution in [2.45, 2.75) is 38.1 Å². The van der Waals surface area contributed by atoms with E-state index >= 15 is 0 Å². The Labute approximate surface area is 129 Å². The van der Waals surface area contributed by atoms with Gasteiger partial charge in [0.15, 0.2) is 0 Å². The van der Waals surface area contributed by atoms with Gasteiger partial charge in [0.1, 0.15) is 17.8 Å². The number of anilines is 1. The van der Waals surface area contributed by atoms with Crippen LogP contribution < -0.4 is 5.32 Å². The fourth-order valence-corrected chi connectivity index (χ4v) is 3.77. The van der Waals surface area contributed by atoms with Gasteiger partial charge in [-0.05, 0) is 18.9 Å². The van der Waals surface area contributed by atoms with Crippen molar-refractivity contribution < 1.29 is 4.79 Å². The molecule has 1 saturated carbocycles. The quantitative estimate of drug-likeness (QED) is 0.907. The summed E-state index contributed by atoms with van der Waals surface area (Å²) in [6.45, 7) is 1.67. The van der Waals surface area contributed by atoms with Gasteiger partial charge < -0.3 is 15.2 Å². The molecule has 3 heterocycles. The number of likely N-dealkylation sites (tertiary alicyclic amines) is 1. The molecule has 0 unspecified atom stereocenters. The topological polar surface area (TPSA) is 73.9 Å². The lowest BCUT2D eigenvalue weighted by atomic mass is 10.1. The van der Waals surface area contributed by atoms with E-state index in [0.717, 1.165) is 29.9 Å². The first kappa shape index (κ1) is 13.5. The average Bonchev–Trinajstić information content (AvgIpc) is 3.25. The van der Waals surface area contributed by atoms with Crippen molar-refractivity contribution in [3.63, 3.8) is 0 Å². The number of nitrogens with zero attached hydrogens (tertiary/aromatic N) is 3. The zero-order valence-electron chi connectivity index (χ0n) is 12.6. The summed E-state index contributed by atoms with van der Waals surface area (Å²) in [5, 5.41) is 4.40. The van der Waals surface area contributed by atoms with Crippen molar-refractivity contribution in [2.24, 2.45) is 5.92 Å². The minimum atomic E-state index is 0.327. The summed E-state index contributed by atoms with van der Waals surface area (Å²) in [5.41, 5.74) is 0.840. The Balaban J connectivity index is 1.40. The van der Waals surface area contributed by atoms with Crippen LogP contribution in [0, 0.1) is 5.92 Å². The summed E-state index contributed by atoms with van der Waals surface area (Å²) in [4.78, 5) is 25.9. The second kappa shape index (κ2) is 5.59. The van der Waals surface area contributed by atoms with E-state index in [4.69, 9.17) is 0 Å². The molecule has 6 heteroatoms. The zero-order valence-corrected chi connectivity index (χ0v) is 12.6. The van der Waals surface area contributed by atoms with Crippen LogP contribution in [0.25, 0.3) is 11.0 Å². The highest BCUT2D eigenvalue weighted by molar-refractivity contribution is 5.86. The summed E-state index contributed by atoms with van der Waals surface area (Å²) < 4.78 is 0. The van der Waals surface area contributed by atoms with Gasteiger partial charge in [0.25, 0.3) is 0 Å². The van der Waals surface area contributed by atoms with Crippen LogP contribution in [0.2, 0.25) is 0 Å². The maximum atomic E-state index is 12.2. The van der Waals surface area contributed by atoms with Crippen LogP contribution in [-0.2, 0) is 4.79 Å². The Hall–Kier alpha value is -2.11. The van der Waals surface area contributed by atoms with Crippen LogP contribution in [0.4, 0.5) is 5.82 Å². The van der Waals surface area contributed by atoms with E-state index in [-0.39, 0.29) is 0 Å². The molecule has 2 fully saturated rings. The van der Waals surface area contributed by atoms with Gasteiger partial charge in [-0.1, -0.05) is 12.8 Å². The van der Waals surface area contributed by atoms with E-state index in [2.05, 4.69) is 25.2 Å². The van der Waals surface area contributed by atoms with Crippen molar-refractivity contribution in [1.29, 1.82) is 0 Å². The maximum absolute atomic E-state index is 12.2. The molecule has 6 nitrogen and oxygen atoms in total. The molecule has 2 aromatic rings. The molecule has 22 heavy (non-hydrogen) atoms. The lowest BCUT2D eigenvalue weighted by Gasteiger charge is -2.24. The molecule has 1 saturated heterocycles. The van der Waals surface area contributed by atoms with E-state index in [0.29, 0.717) is 24.3 Å². The highest BCUT2D eigenvalue weighted by atomic mass is 16.2. The number of carbonyl (C=O) groups excluding carboxylic acids is 1. The van der Waals surface area contributed by atoms with Crippen molar-refractivity contribution in [3.8, 4) is 0 Å². The normalized spacial score (nSPS) is 22.8. The van der Waals surface area contributed by atoms with E-state index in [1.165, 1.54) is 25.7 Å². The molecule has 0 bridgehead atoms. The van der Waals surface area contributed by atoms with Crippen molar-refractivity contribution in [1.82, 2.24) is 19.9 Å². The second-order valence-electron chi connectivity index (χ2n) is 6.40. The molecule has 2 aliphatic rings. The van der Waals surface area contributed by atoms with Crippen LogP contribution in [-0.4, -0.2) is 44.9 Å². The largest absolute Gasteiger partial charge is 0.369 e. The molecule has 1 aliphatic heterocycles. The molecule has 1 amide bonds. The minimum absolute atomic E-state index is 0.327. The van der Waals surface area contributed by atoms with Crippen molar-refractivity contribution in [2.75, 3.05) is 18.4 Å². The SMILES string of the molecule is O=C1C[C@H](CNc2ncnc3[nH]ccc23)CN1C1CCCC1. The van der Waals surface area contributed by atoms with Gasteiger partial charge in [-0.15, -0.1) is 0 Å². The first-order chi connectivity index (χ1) is 10.8. The molecule has 2 aromatic heterocycles. The van der Waals surface area contributed by atoms with Gasteiger partial charge in [0.2, 0.25) is 5.91 Å². The number of fused-ring (bicyclic) bond motifs is 1. The number of hydrogen-bond acceptors (Lipinski definition) is 4. The Bertz CT molecular complexity index is 676. The molecule has 4 rings (SSSR count). The van der Waals surface area contributed by atoms with Crippen LogP contribution in [0.15, 0.2) is 18.6 Å². The van der Waals surface area contributed by atoms with Gasteiger partial charge in [-0.25, -0.2) is 9.97 Å². The highest BCUT2D eigenvalue weighted by Gasteiger charge is 2.35. The summed E-state index contributed by atoms with van der Waals surface area (Å²) >= 11 is 0. The van der Waals surface area contributed by atoms with E-state index < -0.39 is 0 Å². The number of rotatable bonds is 4. The lowest BCUT2D eigenvalue weighted by Crippen LogP contribution is -2.34. The molecule has 0 aromatic carbocycles. The molecular formula is C16H21N5O. The zero-order chi connectivity index (χ0) is 14.9. The van der Waals surface area contributed by atoms with E-state index in [1.54, 1.807) is 6.33 Å². The van der Waals surface area contributed by atoms with Gasteiger partial charge in [0.05, 0.1) is 5.39 Å². The molecule has 0 spiro atoms. The summed E-state index contributed by atoms with van der Waals surface area (Å²) in [6, 6.07) is 2.47. The summed E-state index contributed by atoms with van der Waals surface area (Å²) in [5.74, 6) is 1.54. The first-order valence-electron chi connectivity index (χ1n) is 8.12. The number of aromatic nitrogens is 3. The monoisotopic (exact) mass is 299 g/mol. The number of amides is 1. The van der Waals surface area contributed by atoms with Crippen LogP contribution in [0.1, 0.15) is 32.1 Å². The number of aromatic amines is 1. The number of nitrogens with one attached hydrogen (secondary N) is 2. The highest BCUT2D eigenvalue weighted by Crippen LogP contribution is 2.29. The van der Waals surface area contributed by atoms with Gasteiger partial charge >= 0.3 is 0 Å². The fraction of sp³-hybridized carbons (Fsp3) is 0.562. The second-order valence-corrected chi connectivity index (χ2v) is 6.40. The van der Waals surface area contributed by atoms with Gasteiger partial charge in [0, 0.05) is 37.7 Å². The fourth-order valence-electron chi connectivity index (χ4n) is 3.77. The third-order valence-corrected chi connectivity index (χ3v) is 4.92. The predicted octanol–water partition coefficient (Wildman–Crippen LogP) is 2.16. The summed E-state index contributed by atoms with van der Waals surface area (Å²) in [6.07, 6.45) is 8.99. The first-order valence-corrected chi connectivity index (χ1v) is 8.12. The van der Waals surface area contributed by atoms with Crippen molar-refractivity contribution in [3.05, 3.63) is 18.6 Å². The molecule has 1 atom stereocenters. The maximum Gasteiger partial charge on any atom is 0.223 e. The Morgan fingerprint density at radius 2 is 2.18 bits per heavy atom. The molecule has 0 radical (unpaired) electrons. The molecular weight excluding hydrogens is 278 g/mol. The average molecular weight is 299 g/mol. The minimum Gasteiger partial charge on any atom is -0.369 e. The van der Waals surface area contributed by atoms with Crippen LogP contribution >= 0.6 is 0 Å². The third-order valence-electron chi connectivity index (χ3n) is 4.92. The third kappa shape index (κ3) is 2.42. The van der Waals surface area contributed by atoms with E-state index in [9.17, 15) is 4.79 Å². The summed E-state index contributed by atoms with van der Waals surface area (Å²) in [7, 11) is 0. The Morgan fingerprint density at radius 3 is 3.05 bits per heavy atom. The Kier molecular flexibility index (Phi) is 3.44. The number of H-pyrrole nitrogens is 1. The Morgan fingerprint density at radius 1 is 1.32 bits per heavy atom. The van der Waals surface area contributed by atoms with Gasteiger partial charge in [-0.2, -0.15) is 0 Å². The number of hydrogen-bond donors (Lipinski definition) is 2. The standard InChI is InChI=1S/C16H21N5O/c22-14-7-11(9-21(14)12-3-1-2-4-12)8-18-16-13-5-6-17-15(13)19-10-20-16/h5-6,10-12H,1-4,7-9H2,(H2,17,18,19,20)/t11-/m1/s1. The number of carbonyl (C=O) groups is 1.